The highest BCUT2D eigenvalue weighted by atomic mass is 19.1. The molecule has 0 aliphatic carbocycles. The van der Waals surface area contributed by atoms with Gasteiger partial charge in [-0.1, -0.05) is 6.07 Å². The van der Waals surface area contributed by atoms with E-state index in [1.165, 1.54) is 17.0 Å². The molecule has 2 amide bonds. The third-order valence-electron chi connectivity index (χ3n) is 3.73. The second-order valence-corrected chi connectivity index (χ2v) is 5.48. The van der Waals surface area contributed by atoms with Crippen molar-refractivity contribution in [2.45, 2.75) is 19.9 Å². The zero-order valence-electron chi connectivity index (χ0n) is 11.6. The van der Waals surface area contributed by atoms with E-state index in [0.717, 1.165) is 6.07 Å². The summed E-state index contributed by atoms with van der Waals surface area (Å²) in [7, 11) is 0. The minimum absolute atomic E-state index is 0.107. The number of phenolic OH excluding ortho intramolecular Hbond substituents is 1. The summed E-state index contributed by atoms with van der Waals surface area (Å²) in [5, 5.41) is 20.8. The van der Waals surface area contributed by atoms with E-state index in [1.807, 2.05) is 0 Å². The number of nitrogens with one attached hydrogen (secondary N) is 1. The molecule has 1 unspecified atom stereocenters. The first-order valence-corrected chi connectivity index (χ1v) is 6.55. The van der Waals surface area contributed by atoms with Gasteiger partial charge in [0.1, 0.15) is 0 Å². The topological polar surface area (TPSA) is 89.9 Å². The number of carboxylic acid groups (broad SMARTS) is 1. The van der Waals surface area contributed by atoms with Crippen LogP contribution in [0.3, 0.4) is 0 Å². The van der Waals surface area contributed by atoms with E-state index in [0.29, 0.717) is 18.5 Å². The molecular formula is C14H17FN2O4. The lowest BCUT2D eigenvalue weighted by Gasteiger charge is -2.20. The molecule has 6 nitrogen and oxygen atoms in total. The van der Waals surface area contributed by atoms with Crippen LogP contribution in [0.5, 0.6) is 5.75 Å². The first-order valence-electron chi connectivity index (χ1n) is 6.55. The fourth-order valence-corrected chi connectivity index (χ4v) is 2.26. The molecule has 0 spiro atoms. The largest absolute Gasteiger partial charge is 0.505 e. The second kappa shape index (κ2) is 5.59. The number of rotatable bonds is 3. The molecule has 1 fully saturated rings. The lowest BCUT2D eigenvalue weighted by atomic mass is 9.90. The minimum Gasteiger partial charge on any atom is -0.505 e. The van der Waals surface area contributed by atoms with Crippen LogP contribution in [0.1, 0.15) is 18.9 Å². The summed E-state index contributed by atoms with van der Waals surface area (Å²) in [5.41, 5.74) is -0.402. The molecule has 0 bridgehead atoms. The Labute approximate surface area is 121 Å². The van der Waals surface area contributed by atoms with Gasteiger partial charge in [-0.05, 0) is 31.0 Å². The van der Waals surface area contributed by atoms with Crippen molar-refractivity contribution in [1.29, 1.82) is 0 Å². The smallest absolute Gasteiger partial charge is 0.317 e. The number of aliphatic carboxylic acids is 1. The average molecular weight is 296 g/mol. The Morgan fingerprint density at radius 3 is 2.76 bits per heavy atom. The Bertz CT molecular complexity index is 578. The number of carbonyl (C=O) groups excluding carboxylic acids is 1. The first kappa shape index (κ1) is 15.1. The average Bonchev–Trinajstić information content (AvgIpc) is 2.84. The molecule has 2 rings (SSSR count). The van der Waals surface area contributed by atoms with Crippen molar-refractivity contribution in [3.8, 4) is 5.75 Å². The third kappa shape index (κ3) is 3.24. The van der Waals surface area contributed by atoms with E-state index in [2.05, 4.69) is 5.32 Å². The molecule has 114 valence electrons. The Morgan fingerprint density at radius 2 is 2.19 bits per heavy atom. The number of carboxylic acids is 1. The van der Waals surface area contributed by atoms with Gasteiger partial charge in [-0.3, -0.25) is 4.79 Å². The number of urea groups is 1. The van der Waals surface area contributed by atoms with Crippen LogP contribution >= 0.6 is 0 Å². The monoisotopic (exact) mass is 296 g/mol. The number of carbonyl (C=O) groups is 2. The van der Waals surface area contributed by atoms with E-state index in [9.17, 15) is 14.0 Å². The summed E-state index contributed by atoms with van der Waals surface area (Å²) in [4.78, 5) is 24.5. The lowest BCUT2D eigenvalue weighted by molar-refractivity contribution is -0.147. The molecule has 1 aromatic rings. The molecular weight excluding hydrogens is 279 g/mol. The van der Waals surface area contributed by atoms with Crippen molar-refractivity contribution in [1.82, 2.24) is 10.2 Å². The highest BCUT2D eigenvalue weighted by Crippen LogP contribution is 2.30. The van der Waals surface area contributed by atoms with E-state index >= 15 is 0 Å². The SMILES string of the molecule is CC1(C(=O)O)CCN(C(=O)NCc2ccc(O)c(F)c2)C1. The first-order chi connectivity index (χ1) is 9.82. The predicted molar refractivity (Wildman–Crippen MR) is 72.2 cm³/mol. The van der Waals surface area contributed by atoms with Crippen molar-refractivity contribution in [2.24, 2.45) is 5.41 Å². The lowest BCUT2D eigenvalue weighted by Crippen LogP contribution is -2.40. The van der Waals surface area contributed by atoms with Gasteiger partial charge in [0.25, 0.3) is 0 Å². The number of phenols is 1. The maximum absolute atomic E-state index is 13.2. The van der Waals surface area contributed by atoms with Crippen molar-refractivity contribution < 1.29 is 24.2 Å². The van der Waals surface area contributed by atoms with Crippen LogP contribution in [-0.2, 0) is 11.3 Å². The van der Waals surface area contributed by atoms with Crippen molar-refractivity contribution in [3.63, 3.8) is 0 Å². The van der Waals surface area contributed by atoms with Crippen LogP contribution in [0.25, 0.3) is 0 Å². The summed E-state index contributed by atoms with van der Waals surface area (Å²) in [5.74, 6) is -2.11. The van der Waals surface area contributed by atoms with Crippen LogP contribution in [0.15, 0.2) is 18.2 Å². The number of halogens is 1. The minimum atomic E-state index is -0.918. The Kier molecular flexibility index (Phi) is 4.02. The van der Waals surface area contributed by atoms with Gasteiger partial charge in [0.2, 0.25) is 0 Å². The van der Waals surface area contributed by atoms with Crippen LogP contribution in [0.2, 0.25) is 0 Å². The number of likely N-dealkylation sites (tertiary alicyclic amines) is 1. The number of hydrogen-bond donors (Lipinski definition) is 3. The molecule has 7 heteroatoms. The molecule has 1 aliphatic rings. The summed E-state index contributed by atoms with van der Waals surface area (Å²) >= 11 is 0. The molecule has 1 aliphatic heterocycles. The van der Waals surface area contributed by atoms with Gasteiger partial charge in [-0.15, -0.1) is 0 Å². The second-order valence-electron chi connectivity index (χ2n) is 5.48. The number of nitrogens with zero attached hydrogens (tertiary/aromatic N) is 1. The molecule has 1 aromatic carbocycles. The Hall–Kier alpha value is -2.31. The van der Waals surface area contributed by atoms with Crippen LogP contribution in [0, 0.1) is 11.2 Å². The molecule has 1 atom stereocenters. The summed E-state index contributed by atoms with van der Waals surface area (Å²) in [6.07, 6.45) is 0.406. The van der Waals surface area contributed by atoms with Crippen molar-refractivity contribution >= 4 is 12.0 Å². The normalized spacial score (nSPS) is 21.3. The Balaban J connectivity index is 1.91. The van der Waals surface area contributed by atoms with E-state index in [1.54, 1.807) is 6.92 Å². The zero-order chi connectivity index (χ0) is 15.6. The van der Waals surface area contributed by atoms with Crippen molar-refractivity contribution in [3.05, 3.63) is 29.6 Å². The maximum Gasteiger partial charge on any atom is 0.317 e. The third-order valence-corrected chi connectivity index (χ3v) is 3.73. The van der Waals surface area contributed by atoms with Gasteiger partial charge in [-0.25, -0.2) is 9.18 Å². The predicted octanol–water partition coefficient (Wildman–Crippen LogP) is 1.54. The molecule has 1 heterocycles. The quantitative estimate of drug-likeness (QED) is 0.789. The Morgan fingerprint density at radius 1 is 1.48 bits per heavy atom. The fourth-order valence-electron chi connectivity index (χ4n) is 2.26. The van der Waals surface area contributed by atoms with Gasteiger partial charge >= 0.3 is 12.0 Å². The summed E-state index contributed by atoms with van der Waals surface area (Å²) in [6.45, 7) is 2.24. The number of aromatic hydroxyl groups is 1. The van der Waals surface area contributed by atoms with Crippen LogP contribution < -0.4 is 5.32 Å². The summed E-state index contributed by atoms with van der Waals surface area (Å²) in [6, 6.07) is 3.48. The standard InChI is InChI=1S/C14H17FN2O4/c1-14(12(19)20)4-5-17(8-14)13(21)16-7-9-2-3-11(18)10(15)6-9/h2-3,6,18H,4-5,7-8H2,1H3,(H,16,21)(H,19,20). The fraction of sp³-hybridized carbons (Fsp3) is 0.429. The van der Waals surface area contributed by atoms with Crippen molar-refractivity contribution in [2.75, 3.05) is 13.1 Å². The highest BCUT2D eigenvalue weighted by molar-refractivity contribution is 5.79. The van der Waals surface area contributed by atoms with Gasteiger partial charge < -0.3 is 20.4 Å². The van der Waals surface area contributed by atoms with Crippen LogP contribution in [0.4, 0.5) is 9.18 Å². The highest BCUT2D eigenvalue weighted by Gasteiger charge is 2.42. The maximum atomic E-state index is 13.2. The zero-order valence-corrected chi connectivity index (χ0v) is 11.6. The molecule has 3 N–H and O–H groups in total. The van der Waals surface area contributed by atoms with Gasteiger partial charge in [-0.2, -0.15) is 0 Å². The molecule has 21 heavy (non-hydrogen) atoms. The van der Waals surface area contributed by atoms with Crippen LogP contribution in [-0.4, -0.2) is 40.2 Å². The number of amides is 2. The molecule has 0 radical (unpaired) electrons. The van der Waals surface area contributed by atoms with E-state index < -0.39 is 23.0 Å². The van der Waals surface area contributed by atoms with Gasteiger partial charge in [0.15, 0.2) is 11.6 Å². The van der Waals surface area contributed by atoms with E-state index in [-0.39, 0.29) is 19.1 Å². The molecule has 0 aromatic heterocycles. The molecule has 0 saturated carbocycles. The van der Waals surface area contributed by atoms with Gasteiger partial charge in [0, 0.05) is 19.6 Å². The number of hydrogen-bond acceptors (Lipinski definition) is 3. The molecule has 1 saturated heterocycles. The number of benzene rings is 1. The summed E-state index contributed by atoms with van der Waals surface area (Å²) < 4.78 is 13.2. The van der Waals surface area contributed by atoms with Gasteiger partial charge in [0.05, 0.1) is 5.41 Å². The van der Waals surface area contributed by atoms with E-state index in [4.69, 9.17) is 10.2 Å².